The molecule has 2 rings (SSSR count). The van der Waals surface area contributed by atoms with E-state index in [0.29, 0.717) is 6.54 Å². The van der Waals surface area contributed by atoms with Crippen LogP contribution < -0.4 is 0 Å². The first kappa shape index (κ1) is 15.4. The van der Waals surface area contributed by atoms with Crippen molar-refractivity contribution in [2.45, 2.75) is 26.4 Å². The Hall–Kier alpha value is -2.04. The van der Waals surface area contributed by atoms with E-state index in [1.54, 1.807) is 0 Å². The van der Waals surface area contributed by atoms with Crippen LogP contribution in [0, 0.1) is 11.8 Å². The van der Waals surface area contributed by atoms with Crippen LogP contribution in [0.5, 0.6) is 0 Å². The van der Waals surface area contributed by atoms with Gasteiger partial charge in [-0.1, -0.05) is 43.7 Å². The number of carboxylic acids is 1. The fourth-order valence-electron chi connectivity index (χ4n) is 2.77. The molecule has 0 radical (unpaired) electrons. The maximum Gasteiger partial charge on any atom is 0.410 e. The van der Waals surface area contributed by atoms with E-state index in [9.17, 15) is 14.7 Å². The minimum absolute atomic E-state index is 0.0248. The molecule has 0 aromatic heterocycles. The lowest BCUT2D eigenvalue weighted by molar-refractivity contribution is -0.142. The summed E-state index contributed by atoms with van der Waals surface area (Å²) in [5.74, 6) is -1.28. The van der Waals surface area contributed by atoms with E-state index in [0.717, 1.165) is 18.4 Å². The van der Waals surface area contributed by atoms with Crippen LogP contribution in [-0.2, 0) is 16.1 Å². The van der Waals surface area contributed by atoms with Gasteiger partial charge in [0, 0.05) is 13.1 Å². The summed E-state index contributed by atoms with van der Waals surface area (Å²) in [5.41, 5.74) is 0.921. The van der Waals surface area contributed by atoms with Crippen LogP contribution in [0.2, 0.25) is 0 Å². The molecule has 1 aliphatic heterocycles. The highest BCUT2D eigenvalue weighted by Crippen LogP contribution is 2.28. The summed E-state index contributed by atoms with van der Waals surface area (Å²) >= 11 is 0. The Morgan fingerprint density at radius 2 is 2.00 bits per heavy atom. The third-order valence-corrected chi connectivity index (χ3v) is 3.88. The average molecular weight is 291 g/mol. The Bertz CT molecular complexity index is 488. The molecule has 1 aromatic carbocycles. The number of amides is 1. The molecule has 5 heteroatoms. The van der Waals surface area contributed by atoms with Crippen molar-refractivity contribution in [2.75, 3.05) is 13.1 Å². The van der Waals surface area contributed by atoms with Crippen LogP contribution in [-0.4, -0.2) is 35.2 Å². The van der Waals surface area contributed by atoms with Gasteiger partial charge in [-0.2, -0.15) is 0 Å². The number of carbonyl (C=O) groups excluding carboxylic acids is 1. The number of hydrogen-bond donors (Lipinski definition) is 1. The summed E-state index contributed by atoms with van der Waals surface area (Å²) < 4.78 is 5.26. The van der Waals surface area contributed by atoms with Crippen molar-refractivity contribution in [1.29, 1.82) is 0 Å². The normalized spacial score (nSPS) is 21.3. The summed E-state index contributed by atoms with van der Waals surface area (Å²) in [6.07, 6.45) is 1.31. The zero-order valence-corrected chi connectivity index (χ0v) is 12.2. The van der Waals surface area contributed by atoms with Gasteiger partial charge in [0.1, 0.15) is 6.61 Å². The summed E-state index contributed by atoms with van der Waals surface area (Å²) in [6.45, 7) is 2.95. The molecule has 21 heavy (non-hydrogen) atoms. The fraction of sp³-hybridized carbons (Fsp3) is 0.500. The first-order valence-electron chi connectivity index (χ1n) is 7.30. The van der Waals surface area contributed by atoms with Crippen molar-refractivity contribution >= 4 is 12.1 Å². The van der Waals surface area contributed by atoms with E-state index >= 15 is 0 Å². The molecule has 5 nitrogen and oxygen atoms in total. The van der Waals surface area contributed by atoms with Gasteiger partial charge < -0.3 is 14.7 Å². The third kappa shape index (κ3) is 3.97. The second kappa shape index (κ2) is 7.11. The number of nitrogens with zero attached hydrogens (tertiary/aromatic N) is 1. The Morgan fingerprint density at radius 3 is 2.62 bits per heavy atom. The fourth-order valence-corrected chi connectivity index (χ4v) is 2.77. The highest BCUT2D eigenvalue weighted by molar-refractivity contribution is 5.74. The topological polar surface area (TPSA) is 66.8 Å². The number of aliphatic carboxylic acids is 1. The number of likely N-dealkylation sites (tertiary alicyclic amines) is 1. The zero-order chi connectivity index (χ0) is 15.2. The molecule has 1 amide bonds. The molecule has 1 aromatic rings. The number of benzene rings is 1. The van der Waals surface area contributed by atoms with Crippen molar-refractivity contribution in [2.24, 2.45) is 11.8 Å². The zero-order valence-electron chi connectivity index (χ0n) is 12.2. The van der Waals surface area contributed by atoms with Crippen LogP contribution in [0.4, 0.5) is 4.79 Å². The van der Waals surface area contributed by atoms with Crippen molar-refractivity contribution in [3.05, 3.63) is 35.9 Å². The van der Waals surface area contributed by atoms with E-state index < -0.39 is 18.0 Å². The molecule has 0 spiro atoms. The number of hydrogen-bond acceptors (Lipinski definition) is 3. The van der Waals surface area contributed by atoms with Gasteiger partial charge in [0.25, 0.3) is 0 Å². The summed E-state index contributed by atoms with van der Waals surface area (Å²) in [5, 5.41) is 9.24. The maximum absolute atomic E-state index is 12.0. The highest BCUT2D eigenvalue weighted by atomic mass is 16.6. The Morgan fingerprint density at radius 1 is 1.29 bits per heavy atom. The Labute approximate surface area is 124 Å². The summed E-state index contributed by atoms with van der Waals surface area (Å²) in [6, 6.07) is 9.44. The number of carboxylic acid groups (broad SMARTS) is 1. The molecule has 1 N–H and O–H groups in total. The quantitative estimate of drug-likeness (QED) is 0.905. The summed E-state index contributed by atoms with van der Waals surface area (Å²) in [7, 11) is 0. The van der Waals surface area contributed by atoms with E-state index in [1.165, 1.54) is 4.90 Å². The molecule has 1 heterocycles. The largest absolute Gasteiger partial charge is 0.481 e. The Balaban J connectivity index is 1.89. The van der Waals surface area contributed by atoms with Crippen molar-refractivity contribution in [3.63, 3.8) is 0 Å². The molecule has 2 atom stereocenters. The van der Waals surface area contributed by atoms with E-state index in [-0.39, 0.29) is 19.1 Å². The van der Waals surface area contributed by atoms with Gasteiger partial charge in [0.2, 0.25) is 0 Å². The average Bonchev–Trinajstić information content (AvgIpc) is 2.90. The van der Waals surface area contributed by atoms with Gasteiger partial charge in [-0.3, -0.25) is 4.79 Å². The smallest absolute Gasteiger partial charge is 0.410 e. The van der Waals surface area contributed by atoms with Crippen LogP contribution in [0.15, 0.2) is 30.3 Å². The SMILES string of the molecule is CCC[C@@H]1CN(C(=O)OCc2ccccc2)C[C@H]1C(=O)O. The molecular weight excluding hydrogens is 270 g/mol. The van der Waals surface area contributed by atoms with Crippen molar-refractivity contribution < 1.29 is 19.4 Å². The minimum Gasteiger partial charge on any atom is -0.481 e. The second-order valence-electron chi connectivity index (χ2n) is 5.44. The van der Waals surface area contributed by atoms with E-state index in [1.807, 2.05) is 37.3 Å². The molecule has 0 aliphatic carbocycles. The molecule has 0 saturated carbocycles. The predicted octanol–water partition coefficient (Wildman–Crippen LogP) is 2.76. The van der Waals surface area contributed by atoms with Crippen LogP contribution in [0.1, 0.15) is 25.3 Å². The van der Waals surface area contributed by atoms with Crippen molar-refractivity contribution in [1.82, 2.24) is 4.90 Å². The van der Waals surface area contributed by atoms with Gasteiger partial charge in [-0.25, -0.2) is 4.79 Å². The first-order chi connectivity index (χ1) is 10.1. The monoisotopic (exact) mass is 291 g/mol. The summed E-state index contributed by atoms with van der Waals surface area (Å²) in [4.78, 5) is 24.8. The predicted molar refractivity (Wildman–Crippen MR) is 77.7 cm³/mol. The van der Waals surface area contributed by atoms with Crippen LogP contribution >= 0.6 is 0 Å². The van der Waals surface area contributed by atoms with Crippen LogP contribution in [0.3, 0.4) is 0 Å². The third-order valence-electron chi connectivity index (χ3n) is 3.88. The molecular formula is C16H21NO4. The second-order valence-corrected chi connectivity index (χ2v) is 5.44. The number of ether oxygens (including phenoxy) is 1. The first-order valence-corrected chi connectivity index (χ1v) is 7.30. The molecule has 1 fully saturated rings. The maximum atomic E-state index is 12.0. The van der Waals surface area contributed by atoms with Gasteiger partial charge in [0.15, 0.2) is 0 Å². The van der Waals surface area contributed by atoms with Gasteiger partial charge in [0.05, 0.1) is 5.92 Å². The molecule has 0 unspecified atom stereocenters. The number of carbonyl (C=O) groups is 2. The van der Waals surface area contributed by atoms with Crippen LogP contribution in [0.25, 0.3) is 0 Å². The lowest BCUT2D eigenvalue weighted by atomic mass is 9.92. The molecule has 0 bridgehead atoms. The van der Waals surface area contributed by atoms with Gasteiger partial charge in [-0.05, 0) is 17.9 Å². The minimum atomic E-state index is -0.827. The molecule has 114 valence electrons. The molecule has 1 aliphatic rings. The number of rotatable bonds is 5. The highest BCUT2D eigenvalue weighted by Gasteiger charge is 2.39. The van der Waals surface area contributed by atoms with Gasteiger partial charge >= 0.3 is 12.1 Å². The lowest BCUT2D eigenvalue weighted by Gasteiger charge is -2.16. The lowest BCUT2D eigenvalue weighted by Crippen LogP contribution is -2.30. The van der Waals surface area contributed by atoms with E-state index in [2.05, 4.69) is 0 Å². The van der Waals surface area contributed by atoms with Crippen molar-refractivity contribution in [3.8, 4) is 0 Å². The standard InChI is InChI=1S/C16H21NO4/c1-2-6-13-9-17(10-14(13)15(18)19)16(20)21-11-12-7-4-3-5-8-12/h3-5,7-8,13-14H,2,6,9-11H2,1H3,(H,18,19)/t13-,14-/m1/s1. The van der Waals surface area contributed by atoms with Gasteiger partial charge in [-0.15, -0.1) is 0 Å². The van der Waals surface area contributed by atoms with E-state index in [4.69, 9.17) is 4.74 Å². The molecule has 1 saturated heterocycles. The Kier molecular flexibility index (Phi) is 5.20.